The largest absolute Gasteiger partial charge is 0.289 e. The van der Waals surface area contributed by atoms with Crippen molar-refractivity contribution in [2.45, 2.75) is 25.7 Å². The van der Waals surface area contributed by atoms with Crippen LogP contribution in [-0.2, 0) is 0 Å². The van der Waals surface area contributed by atoms with Crippen molar-refractivity contribution in [1.82, 2.24) is 0 Å². The smallest absolute Gasteiger partial charge is 0.195 e. The van der Waals surface area contributed by atoms with Crippen molar-refractivity contribution in [1.29, 1.82) is 0 Å². The highest BCUT2D eigenvalue weighted by Gasteiger charge is 2.31. The van der Waals surface area contributed by atoms with Gasteiger partial charge < -0.3 is 0 Å². The Morgan fingerprint density at radius 2 is 1.64 bits per heavy atom. The van der Waals surface area contributed by atoms with Crippen LogP contribution in [0.3, 0.4) is 0 Å². The number of benzene rings is 2. The van der Waals surface area contributed by atoms with Gasteiger partial charge in [0.2, 0.25) is 0 Å². The van der Waals surface area contributed by atoms with Crippen LogP contribution in [0.2, 0.25) is 0 Å². The van der Waals surface area contributed by atoms with Crippen LogP contribution < -0.4 is 0 Å². The van der Waals surface area contributed by atoms with Crippen LogP contribution in [0.15, 0.2) is 48.5 Å². The van der Waals surface area contributed by atoms with Gasteiger partial charge in [0.05, 0.1) is 5.56 Å². The lowest BCUT2D eigenvalue weighted by Gasteiger charge is -2.17. The summed E-state index contributed by atoms with van der Waals surface area (Å²) in [5.74, 6) is -0.0687. The van der Waals surface area contributed by atoms with Crippen molar-refractivity contribution >= 4 is 38.6 Å². The Kier molecular flexibility index (Phi) is 3.25. The van der Waals surface area contributed by atoms with Crippen LogP contribution in [0.1, 0.15) is 62.4 Å². The van der Waals surface area contributed by atoms with Gasteiger partial charge in [-0.1, -0.05) is 36.4 Å². The van der Waals surface area contributed by atoms with Gasteiger partial charge in [-0.3, -0.25) is 9.59 Å². The fourth-order valence-corrected chi connectivity index (χ4v) is 5.17. The molecule has 0 saturated carbocycles. The molecule has 0 spiro atoms. The van der Waals surface area contributed by atoms with Gasteiger partial charge in [0.15, 0.2) is 11.6 Å². The van der Waals surface area contributed by atoms with Crippen LogP contribution in [0.25, 0.3) is 15.7 Å². The SMILES string of the molecule is O=C1c2ccccc2C(=O)c2c1ccc1cc(C3=CCCCC3)sc21. The zero-order chi connectivity index (χ0) is 17.0. The molecule has 1 heterocycles. The third-order valence-corrected chi connectivity index (χ3v) is 6.43. The Balaban J connectivity index is 1.74. The second kappa shape index (κ2) is 5.50. The number of ketones is 2. The predicted octanol–water partition coefficient (Wildman–Crippen LogP) is 5.63. The van der Waals surface area contributed by atoms with E-state index in [1.165, 1.54) is 23.3 Å². The lowest BCUT2D eigenvalue weighted by molar-refractivity contribution is 0.0980. The molecular weight excluding hydrogens is 328 g/mol. The molecule has 1 aromatic heterocycles. The summed E-state index contributed by atoms with van der Waals surface area (Å²) in [6.45, 7) is 0. The molecular formula is C22H16O2S. The molecule has 0 unspecified atom stereocenters. The van der Waals surface area contributed by atoms with Gasteiger partial charge in [-0.2, -0.15) is 0 Å². The van der Waals surface area contributed by atoms with Gasteiger partial charge in [-0.05, 0) is 48.8 Å². The lowest BCUT2D eigenvalue weighted by atomic mass is 9.83. The number of fused-ring (bicyclic) bond motifs is 4. The fraction of sp³-hybridized carbons (Fsp3) is 0.182. The molecule has 0 aliphatic heterocycles. The van der Waals surface area contributed by atoms with E-state index in [2.05, 4.69) is 12.1 Å². The first-order chi connectivity index (χ1) is 12.2. The Hall–Kier alpha value is -2.52. The van der Waals surface area contributed by atoms with Gasteiger partial charge in [0.1, 0.15) is 0 Å². The summed E-state index contributed by atoms with van der Waals surface area (Å²) >= 11 is 1.66. The molecule has 0 amide bonds. The molecule has 0 atom stereocenters. The van der Waals surface area contributed by atoms with Gasteiger partial charge in [-0.25, -0.2) is 0 Å². The quantitative estimate of drug-likeness (QED) is 0.448. The second-order valence-electron chi connectivity index (χ2n) is 6.70. The van der Waals surface area contributed by atoms with E-state index in [9.17, 15) is 9.59 Å². The first-order valence-corrected chi connectivity index (χ1v) is 9.50. The van der Waals surface area contributed by atoms with E-state index in [0.29, 0.717) is 22.3 Å². The van der Waals surface area contributed by atoms with Crippen molar-refractivity contribution in [2.24, 2.45) is 0 Å². The average Bonchev–Trinajstić information content (AvgIpc) is 3.10. The van der Waals surface area contributed by atoms with Crippen molar-refractivity contribution in [3.8, 4) is 0 Å². The van der Waals surface area contributed by atoms with Crippen LogP contribution in [0.5, 0.6) is 0 Å². The topological polar surface area (TPSA) is 34.1 Å². The number of carbonyl (C=O) groups is 2. The maximum absolute atomic E-state index is 13.1. The highest BCUT2D eigenvalue weighted by atomic mass is 32.1. The minimum atomic E-state index is -0.0427. The normalized spacial score (nSPS) is 16.6. The van der Waals surface area contributed by atoms with Crippen LogP contribution in [-0.4, -0.2) is 11.6 Å². The highest BCUT2D eigenvalue weighted by Crippen LogP contribution is 2.40. The molecule has 2 aliphatic carbocycles. The van der Waals surface area contributed by atoms with Crippen molar-refractivity contribution in [3.63, 3.8) is 0 Å². The first-order valence-electron chi connectivity index (χ1n) is 8.68. The first kappa shape index (κ1) is 14.8. The second-order valence-corrected chi connectivity index (χ2v) is 7.75. The molecule has 0 bridgehead atoms. The van der Waals surface area contributed by atoms with Crippen molar-refractivity contribution in [2.75, 3.05) is 0 Å². The molecule has 122 valence electrons. The molecule has 2 nitrogen and oxygen atoms in total. The van der Waals surface area contributed by atoms with E-state index in [-0.39, 0.29) is 11.6 Å². The maximum atomic E-state index is 13.1. The van der Waals surface area contributed by atoms with Crippen molar-refractivity contribution < 1.29 is 9.59 Å². The van der Waals surface area contributed by atoms with Gasteiger partial charge >= 0.3 is 0 Å². The van der Waals surface area contributed by atoms with Gasteiger partial charge in [0, 0.05) is 26.3 Å². The molecule has 0 N–H and O–H groups in total. The molecule has 5 rings (SSSR count). The minimum absolute atomic E-state index is 0.0261. The number of rotatable bonds is 1. The molecule has 2 aromatic carbocycles. The fourth-order valence-electron chi connectivity index (χ4n) is 3.90. The summed E-state index contributed by atoms with van der Waals surface area (Å²) in [6.07, 6.45) is 7.04. The Labute approximate surface area is 149 Å². The van der Waals surface area contributed by atoms with Crippen molar-refractivity contribution in [3.05, 3.63) is 75.7 Å². The molecule has 0 radical (unpaired) electrons. The summed E-state index contributed by atoms with van der Waals surface area (Å²) in [7, 11) is 0. The molecule has 3 aromatic rings. The van der Waals surface area contributed by atoms with Gasteiger partial charge in [0.25, 0.3) is 0 Å². The Morgan fingerprint density at radius 3 is 2.40 bits per heavy atom. The van der Waals surface area contributed by atoms with Crippen LogP contribution in [0, 0.1) is 0 Å². The maximum Gasteiger partial charge on any atom is 0.195 e. The number of hydrogen-bond acceptors (Lipinski definition) is 3. The Bertz CT molecular complexity index is 1080. The zero-order valence-electron chi connectivity index (χ0n) is 13.7. The summed E-state index contributed by atoms with van der Waals surface area (Å²) < 4.78 is 0.951. The predicted molar refractivity (Wildman–Crippen MR) is 102 cm³/mol. The third kappa shape index (κ3) is 2.16. The number of hydrogen-bond donors (Lipinski definition) is 0. The number of carbonyl (C=O) groups excluding carboxylic acids is 2. The van der Waals surface area contributed by atoms with Crippen LogP contribution >= 0.6 is 11.3 Å². The number of allylic oxidation sites excluding steroid dienone is 2. The van der Waals surface area contributed by atoms with E-state index >= 15 is 0 Å². The molecule has 2 aliphatic rings. The molecule has 3 heteroatoms. The zero-order valence-corrected chi connectivity index (χ0v) is 14.5. The van der Waals surface area contributed by atoms with E-state index in [4.69, 9.17) is 0 Å². The summed E-state index contributed by atoms with van der Waals surface area (Å²) in [4.78, 5) is 27.2. The monoisotopic (exact) mass is 344 g/mol. The molecule has 25 heavy (non-hydrogen) atoms. The lowest BCUT2D eigenvalue weighted by Crippen LogP contribution is -2.20. The Morgan fingerprint density at radius 1 is 0.840 bits per heavy atom. The standard InChI is InChI=1S/C22H16O2S/c23-20-15-8-4-5-9-16(15)21(24)19-17(20)11-10-14-12-18(25-22(14)19)13-6-2-1-3-7-13/h4-6,8-12H,1-3,7H2. The summed E-state index contributed by atoms with van der Waals surface area (Å²) in [5, 5.41) is 1.06. The average molecular weight is 344 g/mol. The number of thiophene rings is 1. The minimum Gasteiger partial charge on any atom is -0.289 e. The van der Waals surface area contributed by atoms with E-state index in [0.717, 1.165) is 22.9 Å². The van der Waals surface area contributed by atoms with E-state index in [1.54, 1.807) is 23.5 Å². The summed E-state index contributed by atoms with van der Waals surface area (Å²) in [6, 6.07) is 13.1. The highest BCUT2D eigenvalue weighted by molar-refractivity contribution is 7.20. The summed E-state index contributed by atoms with van der Waals surface area (Å²) in [5.41, 5.74) is 3.57. The van der Waals surface area contributed by atoms with Gasteiger partial charge in [-0.15, -0.1) is 11.3 Å². The molecule has 0 saturated heterocycles. The van der Waals surface area contributed by atoms with E-state index in [1.807, 2.05) is 24.3 Å². The van der Waals surface area contributed by atoms with Crippen LogP contribution in [0.4, 0.5) is 0 Å². The third-order valence-electron chi connectivity index (χ3n) is 5.18. The molecule has 0 fully saturated rings. The van der Waals surface area contributed by atoms with E-state index < -0.39 is 0 Å².